The van der Waals surface area contributed by atoms with Gasteiger partial charge >= 0.3 is 0 Å². The first kappa shape index (κ1) is 16.8. The summed E-state index contributed by atoms with van der Waals surface area (Å²) in [7, 11) is 0. The molecular formula is C18H15N3O3S. The summed E-state index contributed by atoms with van der Waals surface area (Å²) in [5.74, 6) is -0.403. The Morgan fingerprint density at radius 2 is 2.08 bits per heavy atom. The molecule has 0 bridgehead atoms. The summed E-state index contributed by atoms with van der Waals surface area (Å²) in [6.45, 7) is 2.71. The predicted octanol–water partition coefficient (Wildman–Crippen LogP) is 3.77. The average molecular weight is 353 g/mol. The van der Waals surface area contributed by atoms with Gasteiger partial charge in [-0.3, -0.25) is 14.9 Å². The minimum absolute atomic E-state index is 0.0140. The van der Waals surface area contributed by atoms with Crippen LogP contribution in [0, 0.1) is 10.1 Å². The molecule has 0 aliphatic rings. The van der Waals surface area contributed by atoms with Gasteiger partial charge in [0.2, 0.25) is 0 Å². The number of nitro benzene ring substituents is 1. The minimum Gasteiger partial charge on any atom is -0.317 e. The van der Waals surface area contributed by atoms with Gasteiger partial charge in [-0.25, -0.2) is 0 Å². The highest BCUT2D eigenvalue weighted by molar-refractivity contribution is 7.16. The van der Waals surface area contributed by atoms with Gasteiger partial charge in [0.1, 0.15) is 0 Å². The summed E-state index contributed by atoms with van der Waals surface area (Å²) in [4.78, 5) is 27.3. The van der Waals surface area contributed by atoms with Gasteiger partial charge in [-0.15, -0.1) is 0 Å². The molecule has 1 aromatic heterocycles. The van der Waals surface area contributed by atoms with Crippen LogP contribution < -0.4 is 4.80 Å². The molecule has 6 nitrogen and oxygen atoms in total. The summed E-state index contributed by atoms with van der Waals surface area (Å²) in [6, 6.07) is 14.0. The molecule has 126 valence electrons. The second-order valence-corrected chi connectivity index (χ2v) is 6.24. The first-order valence-electron chi connectivity index (χ1n) is 7.68. The number of benzene rings is 2. The van der Waals surface area contributed by atoms with E-state index in [9.17, 15) is 14.9 Å². The number of aryl methyl sites for hydroxylation is 1. The quantitative estimate of drug-likeness (QED) is 0.407. The number of non-ortho nitro benzene ring substituents is 1. The lowest BCUT2D eigenvalue weighted by atomic mass is 10.2. The van der Waals surface area contributed by atoms with E-state index in [0.717, 1.165) is 10.2 Å². The molecule has 25 heavy (non-hydrogen) atoms. The number of thiazole rings is 1. The van der Waals surface area contributed by atoms with Crippen LogP contribution in [0.15, 0.2) is 59.6 Å². The molecule has 1 amide bonds. The summed E-state index contributed by atoms with van der Waals surface area (Å²) in [5.41, 5.74) is 1.61. The van der Waals surface area contributed by atoms with Crippen LogP contribution in [0.3, 0.4) is 0 Å². The van der Waals surface area contributed by atoms with E-state index in [-0.39, 0.29) is 5.69 Å². The van der Waals surface area contributed by atoms with Crippen molar-refractivity contribution >= 4 is 39.2 Å². The van der Waals surface area contributed by atoms with Crippen LogP contribution in [-0.2, 0) is 11.3 Å². The Balaban J connectivity index is 1.91. The first-order valence-corrected chi connectivity index (χ1v) is 8.49. The monoisotopic (exact) mass is 353 g/mol. The molecule has 0 N–H and O–H groups in total. The number of nitro groups is 1. The van der Waals surface area contributed by atoms with Crippen LogP contribution in [-0.4, -0.2) is 15.4 Å². The maximum Gasteiger partial charge on any atom is 0.272 e. The summed E-state index contributed by atoms with van der Waals surface area (Å²) in [5, 5.41) is 10.8. The van der Waals surface area contributed by atoms with E-state index in [0.29, 0.717) is 16.9 Å². The molecule has 0 saturated heterocycles. The van der Waals surface area contributed by atoms with Gasteiger partial charge < -0.3 is 4.57 Å². The number of amides is 1. The van der Waals surface area contributed by atoms with Crippen LogP contribution in [0.1, 0.15) is 12.5 Å². The number of carbonyl (C=O) groups excluding carboxylic acids is 1. The Labute approximate surface area is 147 Å². The van der Waals surface area contributed by atoms with E-state index >= 15 is 0 Å². The Hall–Kier alpha value is -3.06. The van der Waals surface area contributed by atoms with E-state index < -0.39 is 10.8 Å². The topological polar surface area (TPSA) is 77.5 Å². The molecule has 0 atom stereocenters. The average Bonchev–Trinajstić information content (AvgIpc) is 2.97. The minimum atomic E-state index is -0.467. The lowest BCUT2D eigenvalue weighted by Gasteiger charge is -1.98. The maximum atomic E-state index is 12.2. The number of nitrogens with zero attached hydrogens (tertiary/aromatic N) is 3. The van der Waals surface area contributed by atoms with Crippen LogP contribution in [0.25, 0.3) is 16.3 Å². The zero-order valence-corrected chi connectivity index (χ0v) is 14.3. The van der Waals surface area contributed by atoms with Gasteiger partial charge in [-0.2, -0.15) is 4.99 Å². The zero-order chi connectivity index (χ0) is 17.8. The maximum absolute atomic E-state index is 12.2. The van der Waals surface area contributed by atoms with Gasteiger partial charge in [-0.05, 0) is 30.7 Å². The Bertz CT molecular complexity index is 1050. The van der Waals surface area contributed by atoms with Crippen molar-refractivity contribution in [3.8, 4) is 0 Å². The van der Waals surface area contributed by atoms with Crippen LogP contribution in [0.5, 0.6) is 0 Å². The Morgan fingerprint density at radius 3 is 2.84 bits per heavy atom. The van der Waals surface area contributed by atoms with Crippen molar-refractivity contribution in [2.45, 2.75) is 13.5 Å². The van der Waals surface area contributed by atoms with Gasteiger partial charge in [0, 0.05) is 24.8 Å². The standard InChI is InChI=1S/C18H15N3O3S/c1-2-20-15-8-3-4-9-16(15)25-18(20)19-17(22)11-10-13-6-5-7-14(12-13)21(23)24/h3-12H,2H2,1H3/b11-10+,19-18?. The normalized spacial score (nSPS) is 12.1. The van der Waals surface area contributed by atoms with Gasteiger partial charge in [0.15, 0.2) is 4.80 Å². The number of carbonyl (C=O) groups is 1. The highest BCUT2D eigenvalue weighted by Gasteiger charge is 2.06. The lowest BCUT2D eigenvalue weighted by Crippen LogP contribution is -2.15. The Morgan fingerprint density at radius 1 is 1.28 bits per heavy atom. The van der Waals surface area contributed by atoms with Crippen molar-refractivity contribution in [3.05, 3.63) is 75.1 Å². The molecule has 0 aliphatic carbocycles. The molecule has 1 heterocycles. The summed E-state index contributed by atoms with van der Waals surface area (Å²) in [6.07, 6.45) is 2.85. The third kappa shape index (κ3) is 3.72. The second kappa shape index (κ2) is 7.23. The first-order chi connectivity index (χ1) is 12.1. The lowest BCUT2D eigenvalue weighted by molar-refractivity contribution is -0.384. The van der Waals surface area contributed by atoms with Gasteiger partial charge in [-0.1, -0.05) is 35.6 Å². The SMILES string of the molecule is CCn1c(=NC(=O)/C=C/c2cccc([N+](=O)[O-])c2)sc2ccccc21. The van der Waals surface area contributed by atoms with Crippen molar-refractivity contribution in [2.75, 3.05) is 0 Å². The molecule has 0 spiro atoms. The predicted molar refractivity (Wildman–Crippen MR) is 98.2 cm³/mol. The van der Waals surface area contributed by atoms with Crippen molar-refractivity contribution in [1.82, 2.24) is 4.57 Å². The number of fused-ring (bicyclic) bond motifs is 1. The third-order valence-electron chi connectivity index (χ3n) is 3.61. The fourth-order valence-corrected chi connectivity index (χ4v) is 3.55. The molecule has 0 radical (unpaired) electrons. The number of hydrogen-bond donors (Lipinski definition) is 0. The number of rotatable bonds is 4. The second-order valence-electron chi connectivity index (χ2n) is 5.23. The molecule has 0 fully saturated rings. The van der Waals surface area contributed by atoms with Crippen molar-refractivity contribution in [3.63, 3.8) is 0 Å². The number of aromatic nitrogens is 1. The summed E-state index contributed by atoms with van der Waals surface area (Å²) < 4.78 is 3.05. The van der Waals surface area contributed by atoms with Crippen LogP contribution >= 0.6 is 11.3 Å². The Kier molecular flexibility index (Phi) is 4.85. The van der Waals surface area contributed by atoms with Gasteiger partial charge in [0.25, 0.3) is 11.6 Å². The molecule has 2 aromatic carbocycles. The van der Waals surface area contributed by atoms with Crippen LogP contribution in [0.2, 0.25) is 0 Å². The summed E-state index contributed by atoms with van der Waals surface area (Å²) >= 11 is 1.46. The fraction of sp³-hybridized carbons (Fsp3) is 0.111. The highest BCUT2D eigenvalue weighted by atomic mass is 32.1. The van der Waals surface area contributed by atoms with Gasteiger partial charge in [0.05, 0.1) is 15.1 Å². The molecular weight excluding hydrogens is 338 g/mol. The molecule has 7 heteroatoms. The van der Waals surface area contributed by atoms with E-state index in [4.69, 9.17) is 0 Å². The molecule has 3 aromatic rings. The molecule has 0 aliphatic heterocycles. The molecule has 0 unspecified atom stereocenters. The van der Waals surface area contributed by atoms with E-state index in [1.165, 1.54) is 35.6 Å². The van der Waals surface area contributed by atoms with E-state index in [1.54, 1.807) is 12.1 Å². The van der Waals surface area contributed by atoms with Crippen LogP contribution in [0.4, 0.5) is 5.69 Å². The number of hydrogen-bond acceptors (Lipinski definition) is 4. The molecule has 3 rings (SSSR count). The smallest absolute Gasteiger partial charge is 0.272 e. The fourth-order valence-electron chi connectivity index (χ4n) is 2.45. The molecule has 0 saturated carbocycles. The van der Waals surface area contributed by atoms with E-state index in [1.807, 2.05) is 35.8 Å². The third-order valence-corrected chi connectivity index (χ3v) is 4.67. The van der Waals surface area contributed by atoms with Crippen molar-refractivity contribution in [2.24, 2.45) is 4.99 Å². The highest BCUT2D eigenvalue weighted by Crippen LogP contribution is 2.17. The zero-order valence-electron chi connectivity index (χ0n) is 13.5. The van der Waals surface area contributed by atoms with Crippen molar-refractivity contribution in [1.29, 1.82) is 0 Å². The van der Waals surface area contributed by atoms with Crippen molar-refractivity contribution < 1.29 is 9.72 Å². The number of para-hydroxylation sites is 1. The largest absolute Gasteiger partial charge is 0.317 e. The van der Waals surface area contributed by atoms with E-state index in [2.05, 4.69) is 4.99 Å².